The summed E-state index contributed by atoms with van der Waals surface area (Å²) in [4.78, 5) is 22.4. The summed E-state index contributed by atoms with van der Waals surface area (Å²) >= 11 is 0. The Morgan fingerprint density at radius 2 is 0.786 bits per heavy atom. The second-order valence-corrected chi connectivity index (χ2v) is 12.7. The maximum absolute atomic E-state index is 11.9. The molecule has 0 aromatic carbocycles. The van der Waals surface area contributed by atoms with E-state index in [4.69, 9.17) is 9.84 Å². The van der Waals surface area contributed by atoms with Crippen LogP contribution in [-0.4, -0.2) is 23.7 Å². The van der Waals surface area contributed by atoms with Crippen LogP contribution in [0.5, 0.6) is 0 Å². The number of aliphatic carboxylic acids is 1. The second kappa shape index (κ2) is 35.9. The number of esters is 1. The van der Waals surface area contributed by atoms with E-state index in [-0.39, 0.29) is 5.97 Å². The van der Waals surface area contributed by atoms with Crippen LogP contribution in [0.3, 0.4) is 0 Å². The Labute approximate surface area is 262 Å². The third-order valence-electron chi connectivity index (χ3n) is 8.44. The smallest absolute Gasteiger partial charge is 0.305 e. The van der Waals surface area contributed by atoms with Crippen LogP contribution in [0, 0.1) is 0 Å². The van der Waals surface area contributed by atoms with E-state index >= 15 is 0 Å². The van der Waals surface area contributed by atoms with E-state index < -0.39 is 5.97 Å². The van der Waals surface area contributed by atoms with E-state index in [1.165, 1.54) is 161 Å². The van der Waals surface area contributed by atoms with Gasteiger partial charge in [-0.25, -0.2) is 0 Å². The Kier molecular flexibility index (Phi) is 34.7. The van der Waals surface area contributed by atoms with Crippen LogP contribution in [0.1, 0.15) is 212 Å². The first-order valence-corrected chi connectivity index (χ1v) is 18.7. The van der Waals surface area contributed by atoms with Crippen LogP contribution < -0.4 is 0 Å². The Morgan fingerprint density at radius 1 is 0.452 bits per heavy atom. The van der Waals surface area contributed by atoms with Gasteiger partial charge in [-0.3, -0.25) is 9.59 Å². The third-order valence-corrected chi connectivity index (χ3v) is 8.44. The van der Waals surface area contributed by atoms with Gasteiger partial charge in [0.1, 0.15) is 0 Å². The molecule has 0 saturated heterocycles. The lowest BCUT2D eigenvalue weighted by Crippen LogP contribution is -2.05. The predicted molar refractivity (Wildman–Crippen MR) is 181 cm³/mol. The molecule has 0 radical (unpaired) electrons. The van der Waals surface area contributed by atoms with Crippen LogP contribution in [0.4, 0.5) is 0 Å². The van der Waals surface area contributed by atoms with Gasteiger partial charge in [-0.1, -0.05) is 167 Å². The predicted octanol–water partition coefficient (Wildman–Crippen LogP) is 12.7. The quantitative estimate of drug-likeness (QED) is 0.0451. The van der Waals surface area contributed by atoms with Crippen molar-refractivity contribution in [1.29, 1.82) is 0 Å². The number of carboxylic acid groups (broad SMARTS) is 1. The Hall–Kier alpha value is -1.32. The zero-order valence-electron chi connectivity index (χ0n) is 28.2. The molecular weight excluding hydrogens is 520 g/mol. The maximum Gasteiger partial charge on any atom is 0.305 e. The minimum absolute atomic E-state index is 0.000863. The topological polar surface area (TPSA) is 63.6 Å². The average Bonchev–Trinajstić information content (AvgIpc) is 2.98. The van der Waals surface area contributed by atoms with Gasteiger partial charge in [0, 0.05) is 12.8 Å². The normalized spacial score (nSPS) is 11.5. The Morgan fingerprint density at radius 3 is 1.19 bits per heavy atom. The van der Waals surface area contributed by atoms with Gasteiger partial charge < -0.3 is 9.84 Å². The molecule has 0 amide bonds. The standard InChI is InChI=1S/C38H72O4/c1-2-3-4-5-6-7-8-9-10-11-14-17-20-23-26-29-32-35-38(41)42-36-33-30-27-24-21-18-15-12-13-16-19-22-25-28-31-34-37(39)40/h9-10H,2-8,11-36H2,1H3,(H,39,40). The van der Waals surface area contributed by atoms with Gasteiger partial charge in [-0.2, -0.15) is 0 Å². The van der Waals surface area contributed by atoms with Crippen molar-refractivity contribution >= 4 is 11.9 Å². The number of hydrogen-bond acceptors (Lipinski definition) is 3. The van der Waals surface area contributed by atoms with E-state index in [0.717, 1.165) is 32.1 Å². The molecule has 0 spiro atoms. The van der Waals surface area contributed by atoms with Crippen molar-refractivity contribution in [1.82, 2.24) is 0 Å². The van der Waals surface area contributed by atoms with Crippen LogP contribution >= 0.6 is 0 Å². The summed E-state index contributed by atoms with van der Waals surface area (Å²) in [6.45, 7) is 2.88. The van der Waals surface area contributed by atoms with Gasteiger partial charge in [0.25, 0.3) is 0 Å². The lowest BCUT2D eigenvalue weighted by atomic mass is 10.0. The van der Waals surface area contributed by atoms with Crippen molar-refractivity contribution in [3.63, 3.8) is 0 Å². The number of hydrogen-bond donors (Lipinski definition) is 1. The fraction of sp³-hybridized carbons (Fsp3) is 0.895. The van der Waals surface area contributed by atoms with E-state index in [2.05, 4.69) is 19.1 Å². The molecule has 1 N–H and O–H groups in total. The third kappa shape index (κ3) is 36.7. The number of carbonyl (C=O) groups is 2. The van der Waals surface area contributed by atoms with Crippen molar-refractivity contribution in [2.75, 3.05) is 6.61 Å². The molecule has 248 valence electrons. The summed E-state index contributed by atoms with van der Waals surface area (Å²) in [6, 6.07) is 0. The fourth-order valence-electron chi connectivity index (χ4n) is 5.63. The van der Waals surface area contributed by atoms with Crippen molar-refractivity contribution in [2.24, 2.45) is 0 Å². The molecule has 0 bridgehead atoms. The molecule has 4 nitrogen and oxygen atoms in total. The molecule has 0 aliphatic heterocycles. The summed E-state index contributed by atoms with van der Waals surface area (Å²) in [5.41, 5.74) is 0. The number of rotatable bonds is 35. The van der Waals surface area contributed by atoms with Crippen LogP contribution in [-0.2, 0) is 14.3 Å². The van der Waals surface area contributed by atoms with Crippen molar-refractivity contribution in [2.45, 2.75) is 212 Å². The van der Waals surface area contributed by atoms with Gasteiger partial charge in [-0.05, 0) is 44.9 Å². The first-order chi connectivity index (χ1) is 20.7. The molecule has 0 aliphatic carbocycles. The van der Waals surface area contributed by atoms with E-state index in [9.17, 15) is 9.59 Å². The number of carbonyl (C=O) groups excluding carboxylic acids is 1. The highest BCUT2D eigenvalue weighted by Gasteiger charge is 2.03. The van der Waals surface area contributed by atoms with Gasteiger partial charge in [0.15, 0.2) is 0 Å². The first kappa shape index (κ1) is 40.7. The minimum atomic E-state index is -0.666. The second-order valence-electron chi connectivity index (χ2n) is 12.7. The number of unbranched alkanes of at least 4 members (excludes halogenated alkanes) is 27. The minimum Gasteiger partial charge on any atom is -0.481 e. The zero-order chi connectivity index (χ0) is 30.6. The molecule has 42 heavy (non-hydrogen) atoms. The molecule has 0 aliphatic rings. The van der Waals surface area contributed by atoms with Crippen LogP contribution in [0.15, 0.2) is 12.2 Å². The SMILES string of the molecule is CCCCCCCCC=CCCCCCCCCCC(=O)OCCCCCCCCCCCCCCCCCC(=O)O. The van der Waals surface area contributed by atoms with Crippen LogP contribution in [0.25, 0.3) is 0 Å². The highest BCUT2D eigenvalue weighted by atomic mass is 16.5. The largest absolute Gasteiger partial charge is 0.481 e. The summed E-state index contributed by atoms with van der Waals surface area (Å²) in [6.07, 6.45) is 43.6. The summed E-state index contributed by atoms with van der Waals surface area (Å²) in [5.74, 6) is -0.665. The molecule has 0 aromatic heterocycles. The molecular formula is C38H72O4. The summed E-state index contributed by atoms with van der Waals surface area (Å²) in [7, 11) is 0. The summed E-state index contributed by atoms with van der Waals surface area (Å²) in [5, 5.41) is 8.63. The molecule has 0 aromatic rings. The highest BCUT2D eigenvalue weighted by Crippen LogP contribution is 2.15. The fourth-order valence-corrected chi connectivity index (χ4v) is 5.63. The van der Waals surface area contributed by atoms with Gasteiger partial charge in [-0.15, -0.1) is 0 Å². The number of allylic oxidation sites excluding steroid dienone is 2. The molecule has 0 unspecified atom stereocenters. The Bertz CT molecular complexity index is 586. The zero-order valence-corrected chi connectivity index (χ0v) is 28.2. The number of carboxylic acids is 1. The molecule has 0 rings (SSSR count). The molecule has 0 atom stereocenters. The summed E-state index contributed by atoms with van der Waals surface area (Å²) < 4.78 is 5.43. The lowest BCUT2D eigenvalue weighted by Gasteiger charge is -2.06. The number of ether oxygens (including phenoxy) is 1. The van der Waals surface area contributed by atoms with Crippen molar-refractivity contribution in [3.8, 4) is 0 Å². The molecule has 4 heteroatoms. The maximum atomic E-state index is 11.9. The van der Waals surface area contributed by atoms with Crippen molar-refractivity contribution in [3.05, 3.63) is 12.2 Å². The van der Waals surface area contributed by atoms with E-state index in [1.54, 1.807) is 0 Å². The van der Waals surface area contributed by atoms with E-state index in [0.29, 0.717) is 19.4 Å². The lowest BCUT2D eigenvalue weighted by molar-refractivity contribution is -0.144. The van der Waals surface area contributed by atoms with E-state index in [1.807, 2.05) is 0 Å². The van der Waals surface area contributed by atoms with Gasteiger partial charge in [0.05, 0.1) is 6.61 Å². The Balaban J connectivity index is 3.19. The monoisotopic (exact) mass is 593 g/mol. The molecule has 0 heterocycles. The van der Waals surface area contributed by atoms with Crippen LogP contribution in [0.2, 0.25) is 0 Å². The molecule has 0 fully saturated rings. The average molecular weight is 593 g/mol. The first-order valence-electron chi connectivity index (χ1n) is 18.7. The molecule has 0 saturated carbocycles. The van der Waals surface area contributed by atoms with Crippen molar-refractivity contribution < 1.29 is 19.4 Å². The highest BCUT2D eigenvalue weighted by molar-refractivity contribution is 5.69. The van der Waals surface area contributed by atoms with Gasteiger partial charge >= 0.3 is 11.9 Å². The van der Waals surface area contributed by atoms with Gasteiger partial charge in [0.2, 0.25) is 0 Å².